The fraction of sp³-hybridized carbons (Fsp3) is 0.167. The number of ether oxygens (including phenoxy) is 1. The van der Waals surface area contributed by atoms with Crippen molar-refractivity contribution in [1.82, 2.24) is 4.57 Å². The molecule has 8 nitrogen and oxygen atoms in total. The Labute approximate surface area is 185 Å². The molecule has 0 unspecified atom stereocenters. The number of aromatic nitrogens is 1. The number of nitro groups is 1. The van der Waals surface area contributed by atoms with Gasteiger partial charge in [-0.15, -0.1) is 0 Å². The summed E-state index contributed by atoms with van der Waals surface area (Å²) < 4.78 is 6.95. The molecule has 0 saturated heterocycles. The Kier molecular flexibility index (Phi) is 6.40. The number of methoxy groups -OCH3 is 1. The van der Waals surface area contributed by atoms with Gasteiger partial charge in [0.1, 0.15) is 17.4 Å². The van der Waals surface area contributed by atoms with E-state index in [4.69, 9.17) is 4.74 Å². The Hall–Kier alpha value is -4.38. The standard InChI is InChI=1S/C24H22N4O4/c1-15-5-8-21(13-23(15)28(30)31)27-16(2)11-18(17(27)3)12-19(14-25)24(29)26-20-6-9-22(32-4)10-7-20/h5-13H,1-4H3,(H,26,29)/b19-12+. The molecule has 3 aromatic rings. The Morgan fingerprint density at radius 2 is 1.84 bits per heavy atom. The second kappa shape index (κ2) is 9.18. The Morgan fingerprint density at radius 1 is 1.16 bits per heavy atom. The van der Waals surface area contributed by atoms with Crippen LogP contribution in [0.4, 0.5) is 11.4 Å². The lowest BCUT2D eigenvalue weighted by molar-refractivity contribution is -0.385. The van der Waals surface area contributed by atoms with Gasteiger partial charge in [0.15, 0.2) is 0 Å². The molecule has 0 fully saturated rings. The summed E-state index contributed by atoms with van der Waals surface area (Å²) in [5.74, 6) is 0.122. The predicted molar refractivity (Wildman–Crippen MR) is 122 cm³/mol. The molecule has 0 saturated carbocycles. The summed E-state index contributed by atoms with van der Waals surface area (Å²) >= 11 is 0. The maximum absolute atomic E-state index is 12.6. The number of nitro benzene ring substituents is 1. The van der Waals surface area contributed by atoms with Crippen molar-refractivity contribution < 1.29 is 14.5 Å². The second-order valence-corrected chi connectivity index (χ2v) is 7.24. The molecule has 1 amide bonds. The van der Waals surface area contributed by atoms with Crippen molar-refractivity contribution in [2.45, 2.75) is 20.8 Å². The molecule has 162 valence electrons. The van der Waals surface area contributed by atoms with Crippen LogP contribution in [0.3, 0.4) is 0 Å². The predicted octanol–water partition coefficient (Wildman–Crippen LogP) is 4.87. The van der Waals surface area contributed by atoms with Crippen molar-refractivity contribution in [3.05, 3.63) is 86.7 Å². The Bertz CT molecular complexity index is 1260. The number of rotatable bonds is 6. The molecule has 3 rings (SSSR count). The summed E-state index contributed by atoms with van der Waals surface area (Å²) in [7, 11) is 1.55. The molecule has 2 aromatic carbocycles. The highest BCUT2D eigenvalue weighted by Gasteiger charge is 2.17. The van der Waals surface area contributed by atoms with Gasteiger partial charge in [0.2, 0.25) is 0 Å². The first-order valence-electron chi connectivity index (χ1n) is 9.76. The summed E-state index contributed by atoms with van der Waals surface area (Å²) in [6.45, 7) is 5.38. The zero-order valence-electron chi connectivity index (χ0n) is 18.2. The minimum atomic E-state index is -0.534. The SMILES string of the molecule is COc1ccc(NC(=O)/C(C#N)=C/c2cc(C)n(-c3ccc(C)c([N+](=O)[O-])c3)c2C)cc1. The number of hydrogen-bond donors (Lipinski definition) is 1. The molecule has 8 heteroatoms. The minimum absolute atomic E-state index is 0.0312. The van der Waals surface area contributed by atoms with Crippen LogP contribution in [-0.2, 0) is 4.79 Å². The number of anilines is 1. The molecular formula is C24H22N4O4. The number of carbonyl (C=O) groups excluding carboxylic acids is 1. The lowest BCUT2D eigenvalue weighted by Gasteiger charge is -2.10. The summed E-state index contributed by atoms with van der Waals surface area (Å²) in [6.07, 6.45) is 1.51. The molecule has 1 heterocycles. The molecule has 1 N–H and O–H groups in total. The third kappa shape index (κ3) is 4.52. The fourth-order valence-corrected chi connectivity index (χ4v) is 3.44. The summed E-state index contributed by atoms with van der Waals surface area (Å²) in [6, 6.07) is 15.6. The highest BCUT2D eigenvalue weighted by atomic mass is 16.6. The highest BCUT2D eigenvalue weighted by Crippen LogP contribution is 2.27. The van der Waals surface area contributed by atoms with Crippen LogP contribution in [0.2, 0.25) is 0 Å². The number of nitriles is 1. The normalized spacial score (nSPS) is 11.0. The van der Waals surface area contributed by atoms with Crippen molar-refractivity contribution in [3.8, 4) is 17.5 Å². The fourth-order valence-electron chi connectivity index (χ4n) is 3.44. The van der Waals surface area contributed by atoms with Gasteiger partial charge in [-0.2, -0.15) is 5.26 Å². The van der Waals surface area contributed by atoms with Gasteiger partial charge < -0.3 is 14.6 Å². The molecule has 0 aliphatic rings. The van der Waals surface area contributed by atoms with E-state index in [-0.39, 0.29) is 11.3 Å². The maximum Gasteiger partial charge on any atom is 0.274 e. The van der Waals surface area contributed by atoms with Gasteiger partial charge in [-0.1, -0.05) is 6.07 Å². The van der Waals surface area contributed by atoms with Crippen LogP contribution in [0.1, 0.15) is 22.5 Å². The number of benzene rings is 2. The van der Waals surface area contributed by atoms with Crippen LogP contribution in [-0.4, -0.2) is 22.5 Å². The Balaban J connectivity index is 1.94. The zero-order chi connectivity index (χ0) is 23.4. The van der Waals surface area contributed by atoms with Crippen molar-refractivity contribution >= 4 is 23.4 Å². The number of nitrogens with one attached hydrogen (secondary N) is 1. The first kappa shape index (κ1) is 22.3. The first-order chi connectivity index (χ1) is 15.2. The number of hydrogen-bond acceptors (Lipinski definition) is 5. The largest absolute Gasteiger partial charge is 0.497 e. The molecular weight excluding hydrogens is 408 g/mol. The summed E-state index contributed by atoms with van der Waals surface area (Å²) in [5, 5.41) is 23.6. The summed E-state index contributed by atoms with van der Waals surface area (Å²) in [5.41, 5.74) is 3.97. The van der Waals surface area contributed by atoms with Crippen molar-refractivity contribution in [2.24, 2.45) is 0 Å². The van der Waals surface area contributed by atoms with E-state index >= 15 is 0 Å². The first-order valence-corrected chi connectivity index (χ1v) is 9.76. The lowest BCUT2D eigenvalue weighted by Crippen LogP contribution is -2.13. The van der Waals surface area contributed by atoms with E-state index < -0.39 is 10.8 Å². The number of carbonyl (C=O) groups is 1. The molecule has 0 atom stereocenters. The third-order valence-corrected chi connectivity index (χ3v) is 5.13. The van der Waals surface area contributed by atoms with E-state index in [1.165, 1.54) is 12.1 Å². The molecule has 32 heavy (non-hydrogen) atoms. The van der Waals surface area contributed by atoms with Gasteiger partial charge in [0.05, 0.1) is 17.7 Å². The van der Waals surface area contributed by atoms with Crippen molar-refractivity contribution in [1.29, 1.82) is 5.26 Å². The summed E-state index contributed by atoms with van der Waals surface area (Å²) in [4.78, 5) is 23.5. The molecule has 0 aliphatic heterocycles. The van der Waals surface area contributed by atoms with E-state index in [0.29, 0.717) is 28.3 Å². The molecule has 1 aromatic heterocycles. The van der Waals surface area contributed by atoms with Crippen LogP contribution in [0.5, 0.6) is 5.75 Å². The average Bonchev–Trinajstić information content (AvgIpc) is 3.05. The van der Waals surface area contributed by atoms with E-state index in [1.807, 2.05) is 30.6 Å². The van der Waals surface area contributed by atoms with Gasteiger partial charge in [0, 0.05) is 28.7 Å². The van der Waals surface area contributed by atoms with Crippen LogP contribution in [0.25, 0.3) is 11.8 Å². The Morgan fingerprint density at radius 3 is 2.44 bits per heavy atom. The van der Waals surface area contributed by atoms with Gasteiger partial charge in [-0.05, 0) is 68.8 Å². The topological polar surface area (TPSA) is 110 Å². The van der Waals surface area contributed by atoms with Gasteiger partial charge in [-0.3, -0.25) is 14.9 Å². The zero-order valence-corrected chi connectivity index (χ0v) is 18.2. The van der Waals surface area contributed by atoms with Crippen LogP contribution < -0.4 is 10.1 Å². The molecule has 0 aliphatic carbocycles. The number of amides is 1. The average molecular weight is 430 g/mol. The number of nitrogens with zero attached hydrogens (tertiary/aromatic N) is 3. The maximum atomic E-state index is 12.6. The second-order valence-electron chi connectivity index (χ2n) is 7.24. The third-order valence-electron chi connectivity index (χ3n) is 5.13. The van der Waals surface area contributed by atoms with Gasteiger partial charge in [-0.25, -0.2) is 0 Å². The van der Waals surface area contributed by atoms with Gasteiger partial charge in [0.25, 0.3) is 11.6 Å². The minimum Gasteiger partial charge on any atom is -0.497 e. The van der Waals surface area contributed by atoms with Gasteiger partial charge >= 0.3 is 0 Å². The van der Waals surface area contributed by atoms with Crippen molar-refractivity contribution in [3.63, 3.8) is 0 Å². The monoisotopic (exact) mass is 430 g/mol. The smallest absolute Gasteiger partial charge is 0.274 e. The van der Waals surface area contributed by atoms with Crippen LogP contribution in [0.15, 0.2) is 54.1 Å². The van der Waals surface area contributed by atoms with E-state index in [9.17, 15) is 20.2 Å². The molecule has 0 spiro atoms. The quantitative estimate of drug-likeness (QED) is 0.260. The van der Waals surface area contributed by atoms with Crippen molar-refractivity contribution in [2.75, 3.05) is 12.4 Å². The number of aryl methyl sites for hydroxylation is 2. The van der Waals surface area contributed by atoms with Crippen LogP contribution in [0, 0.1) is 42.2 Å². The van der Waals surface area contributed by atoms with E-state index in [2.05, 4.69) is 5.32 Å². The van der Waals surface area contributed by atoms with Crippen LogP contribution >= 0.6 is 0 Å². The molecule has 0 radical (unpaired) electrons. The van der Waals surface area contributed by atoms with E-state index in [1.54, 1.807) is 50.4 Å². The van der Waals surface area contributed by atoms with E-state index in [0.717, 1.165) is 11.4 Å². The highest BCUT2D eigenvalue weighted by molar-refractivity contribution is 6.09. The molecule has 0 bridgehead atoms. The lowest BCUT2D eigenvalue weighted by atomic mass is 10.1.